The lowest BCUT2D eigenvalue weighted by atomic mass is 9.77. The molecule has 1 fully saturated rings. The molecule has 0 unspecified atom stereocenters. The molecule has 1 aromatic heterocycles. The second-order valence-electron chi connectivity index (χ2n) is 5.48. The summed E-state index contributed by atoms with van der Waals surface area (Å²) in [5.41, 5.74) is 5.65. The van der Waals surface area contributed by atoms with Gasteiger partial charge in [0.15, 0.2) is 5.82 Å². The Bertz CT molecular complexity index is 744. The van der Waals surface area contributed by atoms with Crippen LogP contribution in [0.25, 0.3) is 0 Å². The number of nitrogens with zero attached hydrogens (tertiary/aromatic N) is 2. The number of nitrogens with two attached hydrogens (primary N) is 1. The Morgan fingerprint density at radius 3 is 2.57 bits per heavy atom. The molecule has 0 aliphatic heterocycles. The van der Waals surface area contributed by atoms with E-state index in [4.69, 9.17) is 10.3 Å². The van der Waals surface area contributed by atoms with E-state index in [-0.39, 0.29) is 23.8 Å². The van der Waals surface area contributed by atoms with E-state index in [9.17, 15) is 8.42 Å². The van der Waals surface area contributed by atoms with Gasteiger partial charge in [-0.3, -0.25) is 0 Å². The van der Waals surface area contributed by atoms with Crippen LogP contribution in [0, 0.1) is 0 Å². The van der Waals surface area contributed by atoms with E-state index in [1.54, 1.807) is 30.3 Å². The molecular weight excluding hydrogens is 340 g/mol. The summed E-state index contributed by atoms with van der Waals surface area (Å²) < 4.78 is 31.7. The smallest absolute Gasteiger partial charge is 0.240 e. The number of sulfonamides is 1. The van der Waals surface area contributed by atoms with Gasteiger partial charge in [-0.25, -0.2) is 13.1 Å². The van der Waals surface area contributed by atoms with Crippen molar-refractivity contribution >= 4 is 22.4 Å². The number of hydrogen-bond donors (Lipinski definition) is 2. The molecule has 0 atom stereocenters. The summed E-state index contributed by atoms with van der Waals surface area (Å²) in [7, 11) is -3.51. The Hall–Kier alpha value is -1.48. The normalized spacial score (nSPS) is 16.4. The van der Waals surface area contributed by atoms with E-state index < -0.39 is 15.6 Å². The SMILES string of the molecule is Cl.NC1(c2noc(CCNS(=O)(=O)c3ccccc3)n2)CCC1. The topological polar surface area (TPSA) is 111 Å². The van der Waals surface area contributed by atoms with Gasteiger partial charge in [-0.2, -0.15) is 4.98 Å². The van der Waals surface area contributed by atoms with Gasteiger partial charge in [-0.05, 0) is 31.4 Å². The largest absolute Gasteiger partial charge is 0.339 e. The molecule has 3 N–H and O–H groups in total. The van der Waals surface area contributed by atoms with E-state index >= 15 is 0 Å². The lowest BCUT2D eigenvalue weighted by molar-refractivity contribution is 0.229. The van der Waals surface area contributed by atoms with Gasteiger partial charge in [0.1, 0.15) is 0 Å². The second kappa shape index (κ2) is 6.96. The first kappa shape index (κ1) is 17.9. The molecule has 0 radical (unpaired) electrons. The molecule has 1 saturated carbocycles. The van der Waals surface area contributed by atoms with Gasteiger partial charge < -0.3 is 10.3 Å². The Morgan fingerprint density at radius 2 is 1.96 bits per heavy atom. The Labute approximate surface area is 141 Å². The molecule has 1 aromatic carbocycles. The van der Waals surface area contributed by atoms with Crippen LogP contribution in [0.1, 0.15) is 31.0 Å². The van der Waals surface area contributed by atoms with Gasteiger partial charge in [0.25, 0.3) is 0 Å². The summed E-state index contributed by atoms with van der Waals surface area (Å²) >= 11 is 0. The fourth-order valence-electron chi connectivity index (χ4n) is 2.32. The average molecular weight is 359 g/mol. The van der Waals surface area contributed by atoms with Crippen LogP contribution >= 0.6 is 12.4 Å². The van der Waals surface area contributed by atoms with Crippen LogP contribution in [0.2, 0.25) is 0 Å². The van der Waals surface area contributed by atoms with Crippen molar-refractivity contribution < 1.29 is 12.9 Å². The predicted octanol–water partition coefficient (Wildman–Crippen LogP) is 1.35. The van der Waals surface area contributed by atoms with Gasteiger partial charge in [0, 0.05) is 13.0 Å². The second-order valence-corrected chi connectivity index (χ2v) is 7.25. The Kier molecular flexibility index (Phi) is 5.41. The molecule has 2 aromatic rings. The zero-order chi connectivity index (χ0) is 15.6. The first-order chi connectivity index (χ1) is 10.5. The number of aromatic nitrogens is 2. The predicted molar refractivity (Wildman–Crippen MR) is 86.6 cm³/mol. The zero-order valence-electron chi connectivity index (χ0n) is 12.4. The molecule has 23 heavy (non-hydrogen) atoms. The number of benzene rings is 1. The maximum absolute atomic E-state index is 12.0. The number of halogens is 1. The zero-order valence-corrected chi connectivity index (χ0v) is 14.1. The summed E-state index contributed by atoms with van der Waals surface area (Å²) in [6.45, 7) is 0.191. The lowest BCUT2D eigenvalue weighted by Crippen LogP contribution is -2.44. The van der Waals surface area contributed by atoms with E-state index in [1.807, 2.05) is 0 Å². The van der Waals surface area contributed by atoms with E-state index in [0.717, 1.165) is 19.3 Å². The van der Waals surface area contributed by atoms with E-state index in [1.165, 1.54) is 0 Å². The molecule has 1 aliphatic rings. The highest BCUT2D eigenvalue weighted by molar-refractivity contribution is 7.89. The maximum atomic E-state index is 12.0. The Morgan fingerprint density at radius 1 is 1.26 bits per heavy atom. The summed E-state index contributed by atoms with van der Waals surface area (Å²) in [5.74, 6) is 0.905. The monoisotopic (exact) mass is 358 g/mol. The minimum absolute atomic E-state index is 0. The van der Waals surface area contributed by atoms with Crippen molar-refractivity contribution in [1.29, 1.82) is 0 Å². The third-order valence-corrected chi connectivity index (χ3v) is 5.32. The molecule has 0 spiro atoms. The molecular formula is C14H19ClN4O3S. The number of nitrogens with one attached hydrogen (secondary N) is 1. The summed E-state index contributed by atoms with van der Waals surface area (Å²) in [6, 6.07) is 8.21. The molecule has 7 nitrogen and oxygen atoms in total. The highest BCUT2D eigenvalue weighted by Gasteiger charge is 2.38. The van der Waals surface area contributed by atoms with Crippen LogP contribution in [0.4, 0.5) is 0 Å². The standard InChI is InChI=1S/C14H18N4O3S.ClH/c15-14(8-4-9-14)13-17-12(21-18-13)7-10-16-22(19,20)11-5-2-1-3-6-11;/h1-3,5-6,16H,4,7-10,15H2;1H. The average Bonchev–Trinajstić information content (AvgIpc) is 2.95. The van der Waals surface area contributed by atoms with Crippen LogP contribution in [-0.4, -0.2) is 25.1 Å². The first-order valence-corrected chi connectivity index (χ1v) is 8.65. The molecule has 1 heterocycles. The molecule has 126 valence electrons. The van der Waals surface area contributed by atoms with E-state index in [2.05, 4.69) is 14.9 Å². The lowest BCUT2D eigenvalue weighted by Gasteiger charge is -2.34. The molecule has 3 rings (SSSR count). The van der Waals surface area contributed by atoms with Crippen molar-refractivity contribution in [2.24, 2.45) is 5.73 Å². The van der Waals surface area contributed by atoms with Crippen LogP contribution < -0.4 is 10.5 Å². The summed E-state index contributed by atoms with van der Waals surface area (Å²) in [5, 5.41) is 3.89. The van der Waals surface area contributed by atoms with Crippen molar-refractivity contribution in [3.8, 4) is 0 Å². The number of rotatable bonds is 6. The van der Waals surface area contributed by atoms with E-state index in [0.29, 0.717) is 18.1 Å². The van der Waals surface area contributed by atoms with Gasteiger partial charge >= 0.3 is 0 Å². The van der Waals surface area contributed by atoms with Gasteiger partial charge in [0.2, 0.25) is 15.9 Å². The first-order valence-electron chi connectivity index (χ1n) is 7.16. The third kappa shape index (κ3) is 3.89. The van der Waals surface area contributed by atoms with Crippen LogP contribution in [0.15, 0.2) is 39.8 Å². The fourth-order valence-corrected chi connectivity index (χ4v) is 3.37. The van der Waals surface area contributed by atoms with Crippen LogP contribution in [0.3, 0.4) is 0 Å². The van der Waals surface area contributed by atoms with Gasteiger partial charge in [-0.15, -0.1) is 12.4 Å². The number of hydrogen-bond acceptors (Lipinski definition) is 6. The summed E-state index contributed by atoms with van der Waals surface area (Å²) in [4.78, 5) is 4.49. The van der Waals surface area contributed by atoms with Crippen molar-refractivity contribution in [2.75, 3.05) is 6.54 Å². The minimum Gasteiger partial charge on any atom is -0.339 e. The maximum Gasteiger partial charge on any atom is 0.240 e. The molecule has 9 heteroatoms. The van der Waals surface area contributed by atoms with Crippen LogP contribution in [-0.2, 0) is 22.0 Å². The molecule has 0 amide bonds. The van der Waals surface area contributed by atoms with Crippen molar-refractivity contribution in [2.45, 2.75) is 36.1 Å². The Balaban J connectivity index is 0.00000192. The van der Waals surface area contributed by atoms with Crippen molar-refractivity contribution in [1.82, 2.24) is 14.9 Å². The fraction of sp³-hybridized carbons (Fsp3) is 0.429. The minimum atomic E-state index is -3.51. The highest BCUT2D eigenvalue weighted by atomic mass is 35.5. The van der Waals surface area contributed by atoms with Crippen molar-refractivity contribution in [3.05, 3.63) is 42.0 Å². The third-order valence-electron chi connectivity index (χ3n) is 3.84. The van der Waals surface area contributed by atoms with Gasteiger partial charge in [-0.1, -0.05) is 23.4 Å². The molecule has 1 aliphatic carbocycles. The molecule has 0 bridgehead atoms. The summed E-state index contributed by atoms with van der Waals surface area (Å²) in [6.07, 6.45) is 3.10. The van der Waals surface area contributed by atoms with Gasteiger partial charge in [0.05, 0.1) is 10.4 Å². The quantitative estimate of drug-likeness (QED) is 0.806. The molecule has 0 saturated heterocycles. The van der Waals surface area contributed by atoms with Crippen molar-refractivity contribution in [3.63, 3.8) is 0 Å². The highest BCUT2D eigenvalue weighted by Crippen LogP contribution is 2.36. The van der Waals surface area contributed by atoms with Crippen LogP contribution in [0.5, 0.6) is 0 Å².